The molecule has 2 aromatic rings. The number of quaternary nitrogens is 1. The van der Waals surface area contributed by atoms with Crippen molar-refractivity contribution >= 4 is 16.9 Å². The Bertz CT molecular complexity index is 1030. The molecule has 0 saturated carbocycles. The summed E-state index contributed by atoms with van der Waals surface area (Å²) in [6.45, 7) is 7.63. The molecule has 4 heterocycles. The number of aliphatic hydroxyl groups is 1. The SMILES string of the molecule is C/C=C1/C[N+]23CCc4c([nH]c5ccccc45)[C@@]2(C)[C@@]1(O)CC3.O=C([O-])C(F)(F)F. The van der Waals surface area contributed by atoms with Crippen LogP contribution in [0.5, 0.6) is 0 Å². The van der Waals surface area contributed by atoms with Gasteiger partial charge in [-0.2, -0.15) is 13.2 Å². The number of H-pyrrole nitrogens is 1. The number of halogens is 3. The quantitative estimate of drug-likeness (QED) is 0.518. The highest BCUT2D eigenvalue weighted by molar-refractivity contribution is 5.85. The van der Waals surface area contributed by atoms with Gasteiger partial charge in [0.2, 0.25) is 0 Å². The number of aromatic nitrogens is 1. The van der Waals surface area contributed by atoms with E-state index in [9.17, 15) is 18.3 Å². The summed E-state index contributed by atoms with van der Waals surface area (Å²) in [6.07, 6.45) is -1.04. The molecule has 2 saturated heterocycles. The van der Waals surface area contributed by atoms with Crippen LogP contribution >= 0.6 is 0 Å². The molecule has 1 aromatic heterocycles. The van der Waals surface area contributed by atoms with Crippen LogP contribution in [0, 0.1) is 0 Å². The van der Waals surface area contributed by atoms with Crippen LogP contribution in [-0.2, 0) is 16.8 Å². The lowest BCUT2D eigenvalue weighted by molar-refractivity contribution is -0.962. The third-order valence-corrected chi connectivity index (χ3v) is 7.33. The van der Waals surface area contributed by atoms with E-state index < -0.39 is 17.7 Å². The number of carboxylic acids is 1. The first-order valence-electron chi connectivity index (χ1n) is 9.63. The smallest absolute Gasteiger partial charge is 0.430 e. The van der Waals surface area contributed by atoms with Gasteiger partial charge in [0.05, 0.1) is 18.8 Å². The van der Waals surface area contributed by atoms with Crippen molar-refractivity contribution in [3.8, 4) is 0 Å². The van der Waals surface area contributed by atoms with Crippen molar-refractivity contribution in [1.29, 1.82) is 0 Å². The molecule has 2 N–H and O–H groups in total. The Morgan fingerprint density at radius 1 is 1.31 bits per heavy atom. The van der Waals surface area contributed by atoms with Crippen molar-refractivity contribution < 1.29 is 32.7 Å². The number of fused-ring (bicyclic) bond motifs is 3. The highest BCUT2D eigenvalue weighted by Gasteiger charge is 2.75. The second-order valence-corrected chi connectivity index (χ2v) is 8.31. The fourth-order valence-corrected chi connectivity index (χ4v) is 5.79. The van der Waals surface area contributed by atoms with Gasteiger partial charge in [-0.05, 0) is 25.5 Å². The van der Waals surface area contributed by atoms with Gasteiger partial charge in [-0.3, -0.25) is 0 Å². The van der Waals surface area contributed by atoms with E-state index in [1.807, 2.05) is 0 Å². The lowest BCUT2D eigenvalue weighted by Crippen LogP contribution is -2.61. The van der Waals surface area contributed by atoms with Gasteiger partial charge in [-0.1, -0.05) is 24.3 Å². The van der Waals surface area contributed by atoms with Gasteiger partial charge >= 0.3 is 6.18 Å². The van der Waals surface area contributed by atoms with Crippen molar-refractivity contribution in [2.45, 2.75) is 44.0 Å². The Kier molecular flexibility index (Phi) is 4.19. The minimum Gasteiger partial charge on any atom is -0.542 e. The lowest BCUT2D eigenvalue weighted by atomic mass is 9.74. The number of para-hydroxylation sites is 1. The molecule has 1 unspecified atom stereocenters. The molecule has 5 rings (SSSR count). The largest absolute Gasteiger partial charge is 0.542 e. The molecule has 29 heavy (non-hydrogen) atoms. The average molecular weight is 408 g/mol. The first-order chi connectivity index (χ1) is 13.5. The second-order valence-electron chi connectivity index (χ2n) is 8.31. The van der Waals surface area contributed by atoms with Gasteiger partial charge in [-0.25, -0.2) is 0 Å². The number of hydrogen-bond acceptors (Lipinski definition) is 3. The Balaban J connectivity index is 0.000000255. The molecule has 3 aliphatic heterocycles. The number of benzene rings is 1. The van der Waals surface area contributed by atoms with E-state index in [4.69, 9.17) is 9.90 Å². The monoisotopic (exact) mass is 408 g/mol. The zero-order chi connectivity index (χ0) is 21.2. The Morgan fingerprint density at radius 2 is 1.97 bits per heavy atom. The molecule has 3 aliphatic rings. The predicted molar refractivity (Wildman–Crippen MR) is 98.6 cm³/mol. The standard InChI is InChI=1S/C19H23N2O.C2HF3O2/c1-3-13-12-21-10-8-15-14-6-4-5-7-16(14)20-17(15)18(21,2)19(13,22)9-11-21;3-2(4,5)1(6)7/h3-7,20,22H,8-12H2,1-2H3;(H,6,7)/q+1;/p-1/b13-3-;/t18-,19+,21?;/m0./s1. The van der Waals surface area contributed by atoms with E-state index in [1.54, 1.807) is 0 Å². The molecule has 5 nitrogen and oxygen atoms in total. The van der Waals surface area contributed by atoms with Crippen LogP contribution in [-0.4, -0.2) is 52.0 Å². The molecular formula is C21H23F3N2O3. The molecule has 0 amide bonds. The normalized spacial score (nSPS) is 33.9. The summed E-state index contributed by atoms with van der Waals surface area (Å²) in [4.78, 5) is 12.5. The number of allylic oxidation sites excluding steroid dienone is 1. The van der Waals surface area contributed by atoms with E-state index in [0.717, 1.165) is 37.0 Å². The summed E-state index contributed by atoms with van der Waals surface area (Å²) in [5.41, 5.74) is 4.28. The molecule has 2 bridgehead atoms. The maximum absolute atomic E-state index is 11.6. The Labute approximate surface area is 166 Å². The van der Waals surface area contributed by atoms with Crippen molar-refractivity contribution in [1.82, 2.24) is 4.98 Å². The molecule has 0 spiro atoms. The van der Waals surface area contributed by atoms with E-state index in [0.29, 0.717) is 0 Å². The topological polar surface area (TPSA) is 76.1 Å². The summed E-state index contributed by atoms with van der Waals surface area (Å²) in [5, 5.41) is 21.7. The van der Waals surface area contributed by atoms with Crippen LogP contribution in [0.15, 0.2) is 35.9 Å². The third kappa shape index (κ3) is 2.45. The van der Waals surface area contributed by atoms with Crippen molar-refractivity contribution in [3.05, 3.63) is 47.2 Å². The van der Waals surface area contributed by atoms with Crippen LogP contribution in [0.4, 0.5) is 13.2 Å². The van der Waals surface area contributed by atoms with E-state index in [2.05, 4.69) is 49.2 Å². The van der Waals surface area contributed by atoms with Gasteiger partial charge in [0, 0.05) is 29.3 Å². The lowest BCUT2D eigenvalue weighted by Gasteiger charge is -2.47. The minimum absolute atomic E-state index is 0.221. The van der Waals surface area contributed by atoms with Crippen LogP contribution in [0.2, 0.25) is 0 Å². The molecule has 0 radical (unpaired) electrons. The Morgan fingerprint density at radius 3 is 2.59 bits per heavy atom. The minimum atomic E-state index is -5.19. The summed E-state index contributed by atoms with van der Waals surface area (Å²) in [6, 6.07) is 8.59. The number of hydrogen-bond donors (Lipinski definition) is 2. The van der Waals surface area contributed by atoms with E-state index >= 15 is 0 Å². The highest BCUT2D eigenvalue weighted by atomic mass is 19.4. The zero-order valence-corrected chi connectivity index (χ0v) is 16.3. The van der Waals surface area contributed by atoms with E-state index in [1.165, 1.54) is 27.7 Å². The maximum atomic E-state index is 11.6. The van der Waals surface area contributed by atoms with Gasteiger partial charge in [0.25, 0.3) is 0 Å². The average Bonchev–Trinajstić information content (AvgIpc) is 3.22. The van der Waals surface area contributed by atoms with Gasteiger partial charge in [0.1, 0.15) is 12.5 Å². The molecule has 0 aliphatic carbocycles. The maximum Gasteiger partial charge on any atom is 0.430 e. The second kappa shape index (κ2) is 6.09. The Hall–Kier alpha value is -2.32. The van der Waals surface area contributed by atoms with Gasteiger partial charge in [0.15, 0.2) is 11.1 Å². The molecular weight excluding hydrogens is 385 g/mol. The zero-order valence-electron chi connectivity index (χ0n) is 16.3. The predicted octanol–water partition coefficient (Wildman–Crippen LogP) is 2.15. The molecule has 2 fully saturated rings. The summed E-state index contributed by atoms with van der Waals surface area (Å²) in [5.74, 6) is -3.01. The first kappa shape index (κ1) is 20.0. The fraction of sp³-hybridized carbons (Fsp3) is 0.476. The summed E-state index contributed by atoms with van der Waals surface area (Å²) >= 11 is 0. The van der Waals surface area contributed by atoms with Crippen LogP contribution in [0.25, 0.3) is 10.9 Å². The van der Waals surface area contributed by atoms with Crippen molar-refractivity contribution in [2.24, 2.45) is 0 Å². The first-order valence-corrected chi connectivity index (χ1v) is 9.63. The van der Waals surface area contributed by atoms with Gasteiger partial charge < -0.3 is 24.5 Å². The number of carbonyl (C=O) groups excluding carboxylic acids is 1. The molecule has 156 valence electrons. The number of nitrogens with zero attached hydrogens (tertiary/aromatic N) is 1. The summed E-state index contributed by atoms with van der Waals surface area (Å²) in [7, 11) is 0. The van der Waals surface area contributed by atoms with Crippen molar-refractivity contribution in [3.63, 3.8) is 0 Å². The van der Waals surface area contributed by atoms with Crippen molar-refractivity contribution in [2.75, 3.05) is 19.6 Å². The molecule has 1 aromatic carbocycles. The number of piperidine rings is 1. The van der Waals surface area contributed by atoms with Crippen LogP contribution in [0.3, 0.4) is 0 Å². The number of carbonyl (C=O) groups is 1. The number of rotatable bonds is 0. The number of aliphatic carboxylic acids is 1. The number of alkyl halides is 3. The van der Waals surface area contributed by atoms with E-state index in [-0.39, 0.29) is 5.54 Å². The van der Waals surface area contributed by atoms with Crippen LogP contribution < -0.4 is 5.11 Å². The van der Waals surface area contributed by atoms with Gasteiger partial charge in [-0.15, -0.1) is 0 Å². The van der Waals surface area contributed by atoms with Crippen LogP contribution in [0.1, 0.15) is 31.5 Å². The molecule has 3 atom stereocenters. The fourth-order valence-electron chi connectivity index (χ4n) is 5.79. The molecule has 8 heteroatoms. The summed E-state index contributed by atoms with van der Waals surface area (Å²) < 4.78 is 32.6. The third-order valence-electron chi connectivity index (χ3n) is 7.33. The number of aromatic amines is 1. The number of carboxylic acid groups (broad SMARTS) is 1. The highest BCUT2D eigenvalue weighted by Crippen LogP contribution is 2.62. The number of nitrogens with one attached hydrogen (secondary N) is 1.